The molecule has 0 amide bonds. The zero-order valence-corrected chi connectivity index (χ0v) is 14.8. The molecule has 0 heterocycles. The highest BCUT2D eigenvalue weighted by molar-refractivity contribution is 6.18. The van der Waals surface area contributed by atoms with Crippen molar-refractivity contribution in [3.8, 4) is 0 Å². The maximum absolute atomic E-state index is 12.8. The second-order valence-electron chi connectivity index (χ2n) is 6.20. The van der Waals surface area contributed by atoms with Crippen LogP contribution in [0.2, 0.25) is 0 Å². The van der Waals surface area contributed by atoms with Gasteiger partial charge in [0.05, 0.1) is 13.2 Å². The molecule has 1 aliphatic rings. The monoisotopic (exact) mass is 350 g/mol. The zero-order chi connectivity index (χ0) is 18.4. The van der Waals surface area contributed by atoms with Gasteiger partial charge in [0.25, 0.3) is 0 Å². The number of carbonyl (C=O) groups excluding carboxylic acids is 2. The van der Waals surface area contributed by atoms with Gasteiger partial charge in [-0.15, -0.1) is 0 Å². The SMILES string of the molecule is CCOC(=O)C1(CCOCc2ccccc2)C(=O)C=Cc2ccccc21. The fraction of sp³-hybridized carbons (Fsp3) is 0.273. The molecule has 0 fully saturated rings. The van der Waals surface area contributed by atoms with E-state index in [1.807, 2.05) is 54.6 Å². The van der Waals surface area contributed by atoms with Gasteiger partial charge in [0, 0.05) is 6.61 Å². The number of ether oxygens (including phenoxy) is 2. The standard InChI is InChI=1S/C22H22O4/c1-2-26-21(24)22(14-15-25-16-17-8-4-3-5-9-17)19-11-7-6-10-18(19)12-13-20(22)23/h3-13H,2,14-16H2,1H3. The van der Waals surface area contributed by atoms with Crippen molar-refractivity contribution in [2.45, 2.75) is 25.4 Å². The molecule has 3 rings (SSSR count). The van der Waals surface area contributed by atoms with Crippen LogP contribution in [0.3, 0.4) is 0 Å². The van der Waals surface area contributed by atoms with Crippen molar-refractivity contribution >= 4 is 17.8 Å². The van der Waals surface area contributed by atoms with E-state index < -0.39 is 11.4 Å². The molecular formula is C22H22O4. The van der Waals surface area contributed by atoms with Gasteiger partial charge in [0.1, 0.15) is 0 Å². The highest BCUT2D eigenvalue weighted by atomic mass is 16.5. The second kappa shape index (κ2) is 8.11. The highest BCUT2D eigenvalue weighted by Gasteiger charge is 2.49. The predicted octanol–water partition coefficient (Wildman–Crippen LogP) is 3.69. The third-order valence-corrected chi connectivity index (χ3v) is 4.61. The summed E-state index contributed by atoms with van der Waals surface area (Å²) in [4.78, 5) is 25.6. The van der Waals surface area contributed by atoms with Gasteiger partial charge in [-0.05, 0) is 36.1 Å². The van der Waals surface area contributed by atoms with E-state index in [1.165, 1.54) is 6.08 Å². The molecule has 0 aromatic heterocycles. The van der Waals surface area contributed by atoms with Crippen molar-refractivity contribution in [3.63, 3.8) is 0 Å². The Morgan fingerprint density at radius 3 is 2.50 bits per heavy atom. The highest BCUT2D eigenvalue weighted by Crippen LogP contribution is 2.37. The summed E-state index contributed by atoms with van der Waals surface area (Å²) in [5.74, 6) is -0.761. The number of allylic oxidation sites excluding steroid dienone is 1. The summed E-state index contributed by atoms with van der Waals surface area (Å²) in [6, 6.07) is 17.3. The number of benzene rings is 2. The first-order chi connectivity index (χ1) is 12.7. The molecule has 1 aliphatic carbocycles. The fourth-order valence-electron chi connectivity index (χ4n) is 3.29. The summed E-state index contributed by atoms with van der Waals surface area (Å²) in [5, 5.41) is 0. The quantitative estimate of drug-likeness (QED) is 0.434. The Balaban J connectivity index is 1.82. The minimum atomic E-state index is -1.34. The number of carbonyl (C=O) groups is 2. The summed E-state index contributed by atoms with van der Waals surface area (Å²) in [6.07, 6.45) is 3.47. The Morgan fingerprint density at radius 1 is 1.00 bits per heavy atom. The van der Waals surface area contributed by atoms with E-state index in [0.717, 1.165) is 11.1 Å². The van der Waals surface area contributed by atoms with Crippen LogP contribution < -0.4 is 0 Å². The van der Waals surface area contributed by atoms with Crippen LogP contribution in [-0.2, 0) is 31.1 Å². The molecule has 0 bridgehead atoms. The number of esters is 1. The van der Waals surface area contributed by atoms with E-state index in [1.54, 1.807) is 13.0 Å². The van der Waals surface area contributed by atoms with Crippen LogP contribution in [0, 0.1) is 0 Å². The van der Waals surface area contributed by atoms with Gasteiger partial charge in [-0.3, -0.25) is 9.59 Å². The normalized spacial score (nSPS) is 18.4. The van der Waals surface area contributed by atoms with E-state index in [-0.39, 0.29) is 25.4 Å². The first-order valence-corrected chi connectivity index (χ1v) is 8.79. The minimum absolute atomic E-state index is 0.227. The van der Waals surface area contributed by atoms with Gasteiger partial charge in [-0.25, -0.2) is 0 Å². The molecule has 2 aromatic carbocycles. The molecule has 4 nitrogen and oxygen atoms in total. The summed E-state index contributed by atoms with van der Waals surface area (Å²) < 4.78 is 11.0. The molecule has 2 aromatic rings. The van der Waals surface area contributed by atoms with Crippen molar-refractivity contribution in [2.75, 3.05) is 13.2 Å². The molecule has 0 radical (unpaired) electrons. The average Bonchev–Trinajstić information content (AvgIpc) is 2.67. The third-order valence-electron chi connectivity index (χ3n) is 4.61. The molecule has 1 unspecified atom stereocenters. The number of hydrogen-bond acceptors (Lipinski definition) is 4. The van der Waals surface area contributed by atoms with Crippen molar-refractivity contribution in [1.29, 1.82) is 0 Å². The van der Waals surface area contributed by atoms with Crippen LogP contribution in [-0.4, -0.2) is 25.0 Å². The average molecular weight is 350 g/mol. The van der Waals surface area contributed by atoms with Gasteiger partial charge >= 0.3 is 5.97 Å². The molecule has 0 spiro atoms. The Bertz CT molecular complexity index is 810. The summed E-state index contributed by atoms with van der Waals surface area (Å²) in [5.41, 5.74) is 1.27. The number of rotatable bonds is 7. The number of ketones is 1. The maximum Gasteiger partial charge on any atom is 0.324 e. The Kier molecular flexibility index (Phi) is 5.64. The Morgan fingerprint density at radius 2 is 1.73 bits per heavy atom. The molecule has 0 aliphatic heterocycles. The molecule has 134 valence electrons. The second-order valence-corrected chi connectivity index (χ2v) is 6.20. The lowest BCUT2D eigenvalue weighted by Gasteiger charge is -2.33. The first-order valence-electron chi connectivity index (χ1n) is 8.79. The van der Waals surface area contributed by atoms with Crippen molar-refractivity contribution < 1.29 is 19.1 Å². The number of hydrogen-bond donors (Lipinski definition) is 0. The fourth-order valence-corrected chi connectivity index (χ4v) is 3.29. The Labute approximate surface area is 153 Å². The van der Waals surface area contributed by atoms with Crippen LogP contribution in [0.4, 0.5) is 0 Å². The summed E-state index contributed by atoms with van der Waals surface area (Å²) in [6.45, 7) is 2.68. The molecule has 4 heteroatoms. The lowest BCUT2D eigenvalue weighted by Crippen LogP contribution is -2.47. The maximum atomic E-state index is 12.8. The molecule has 1 atom stereocenters. The van der Waals surface area contributed by atoms with Crippen molar-refractivity contribution in [2.24, 2.45) is 0 Å². The largest absolute Gasteiger partial charge is 0.465 e. The predicted molar refractivity (Wildman–Crippen MR) is 99.5 cm³/mol. The van der Waals surface area contributed by atoms with Crippen molar-refractivity contribution in [3.05, 3.63) is 77.4 Å². The summed E-state index contributed by atoms with van der Waals surface area (Å²) >= 11 is 0. The smallest absolute Gasteiger partial charge is 0.324 e. The molecular weight excluding hydrogens is 328 g/mol. The first kappa shape index (κ1) is 18.1. The topological polar surface area (TPSA) is 52.6 Å². The molecule has 26 heavy (non-hydrogen) atoms. The number of fused-ring (bicyclic) bond motifs is 1. The molecule has 0 saturated carbocycles. The van der Waals surface area contributed by atoms with Crippen LogP contribution in [0.5, 0.6) is 0 Å². The van der Waals surface area contributed by atoms with E-state index in [4.69, 9.17) is 9.47 Å². The minimum Gasteiger partial charge on any atom is -0.465 e. The van der Waals surface area contributed by atoms with E-state index in [9.17, 15) is 9.59 Å². The van der Waals surface area contributed by atoms with Crippen LogP contribution in [0.15, 0.2) is 60.7 Å². The zero-order valence-electron chi connectivity index (χ0n) is 14.8. The molecule has 0 N–H and O–H groups in total. The van der Waals surface area contributed by atoms with Gasteiger partial charge in [-0.1, -0.05) is 60.7 Å². The van der Waals surface area contributed by atoms with Gasteiger partial charge in [0.15, 0.2) is 11.2 Å². The van der Waals surface area contributed by atoms with Gasteiger partial charge < -0.3 is 9.47 Å². The molecule has 0 saturated heterocycles. The van der Waals surface area contributed by atoms with E-state index >= 15 is 0 Å². The van der Waals surface area contributed by atoms with Crippen LogP contribution in [0.25, 0.3) is 6.08 Å². The van der Waals surface area contributed by atoms with Gasteiger partial charge in [0.2, 0.25) is 0 Å². The van der Waals surface area contributed by atoms with E-state index in [0.29, 0.717) is 12.2 Å². The third kappa shape index (κ3) is 3.46. The van der Waals surface area contributed by atoms with Crippen molar-refractivity contribution in [1.82, 2.24) is 0 Å². The Hall–Kier alpha value is -2.72. The lowest BCUT2D eigenvalue weighted by molar-refractivity contribution is -0.154. The van der Waals surface area contributed by atoms with Crippen LogP contribution in [0.1, 0.15) is 30.0 Å². The van der Waals surface area contributed by atoms with Crippen LogP contribution >= 0.6 is 0 Å². The van der Waals surface area contributed by atoms with E-state index in [2.05, 4.69) is 0 Å². The summed E-state index contributed by atoms with van der Waals surface area (Å²) in [7, 11) is 0. The van der Waals surface area contributed by atoms with Gasteiger partial charge in [-0.2, -0.15) is 0 Å². The lowest BCUT2D eigenvalue weighted by atomic mass is 9.69.